The van der Waals surface area contributed by atoms with Crippen LogP contribution in [0.3, 0.4) is 0 Å². The van der Waals surface area contributed by atoms with Gasteiger partial charge in [0.25, 0.3) is 0 Å². The molecule has 1 heterocycles. The quantitative estimate of drug-likeness (QED) is 0.777. The predicted molar refractivity (Wildman–Crippen MR) is 75.2 cm³/mol. The molecule has 0 spiro atoms. The first-order valence-corrected chi connectivity index (χ1v) is 6.79. The number of hydrogen-bond donors (Lipinski definition) is 3. The van der Waals surface area contributed by atoms with Gasteiger partial charge >= 0.3 is 5.97 Å². The fraction of sp³-hybridized carbons (Fsp3) is 0.571. The standard InChI is InChI=1S/C14H21N3O2/c1-9-2-4-10(5-3-9)8-17-13-12(15)11(14(18)19)6-7-16-13/h6-7,9-10H,2-5,8,15H2,1H3,(H,16,17)(H,18,19). The van der Waals surface area contributed by atoms with Crippen LogP contribution in [0, 0.1) is 11.8 Å². The van der Waals surface area contributed by atoms with E-state index in [0.29, 0.717) is 11.7 Å². The van der Waals surface area contributed by atoms with E-state index in [1.54, 1.807) is 0 Å². The molecule has 1 aliphatic carbocycles. The van der Waals surface area contributed by atoms with Crippen molar-refractivity contribution in [3.63, 3.8) is 0 Å². The molecule has 0 saturated heterocycles. The zero-order valence-corrected chi connectivity index (χ0v) is 11.2. The number of nitrogens with two attached hydrogens (primary N) is 1. The summed E-state index contributed by atoms with van der Waals surface area (Å²) in [6.45, 7) is 3.10. The van der Waals surface area contributed by atoms with E-state index in [-0.39, 0.29) is 11.3 Å². The van der Waals surface area contributed by atoms with E-state index in [1.165, 1.54) is 37.9 Å². The third kappa shape index (κ3) is 3.36. The van der Waals surface area contributed by atoms with Crippen LogP contribution >= 0.6 is 0 Å². The number of nitrogen functional groups attached to an aromatic ring is 1. The summed E-state index contributed by atoms with van der Waals surface area (Å²) in [7, 11) is 0. The second kappa shape index (κ2) is 5.91. The van der Waals surface area contributed by atoms with Gasteiger partial charge in [0.1, 0.15) is 5.82 Å². The van der Waals surface area contributed by atoms with Crippen LogP contribution in [0.2, 0.25) is 0 Å². The molecule has 1 fully saturated rings. The molecule has 19 heavy (non-hydrogen) atoms. The Kier molecular flexibility index (Phi) is 4.24. The SMILES string of the molecule is CC1CCC(CNc2nccc(C(=O)O)c2N)CC1. The summed E-state index contributed by atoms with van der Waals surface area (Å²) in [6, 6.07) is 1.42. The topological polar surface area (TPSA) is 88.2 Å². The van der Waals surface area contributed by atoms with E-state index >= 15 is 0 Å². The molecule has 0 aliphatic heterocycles. The maximum atomic E-state index is 11.0. The molecule has 1 saturated carbocycles. The van der Waals surface area contributed by atoms with Crippen LogP contribution in [0.25, 0.3) is 0 Å². The van der Waals surface area contributed by atoms with Crippen molar-refractivity contribution in [2.75, 3.05) is 17.6 Å². The van der Waals surface area contributed by atoms with Crippen molar-refractivity contribution in [1.82, 2.24) is 4.98 Å². The molecule has 0 bridgehead atoms. The van der Waals surface area contributed by atoms with Crippen LogP contribution in [0.5, 0.6) is 0 Å². The lowest BCUT2D eigenvalue weighted by Gasteiger charge is -2.26. The lowest BCUT2D eigenvalue weighted by molar-refractivity contribution is 0.0698. The fourth-order valence-electron chi connectivity index (χ4n) is 2.57. The van der Waals surface area contributed by atoms with Gasteiger partial charge in [-0.25, -0.2) is 9.78 Å². The maximum absolute atomic E-state index is 11.0. The zero-order valence-electron chi connectivity index (χ0n) is 11.2. The van der Waals surface area contributed by atoms with Gasteiger partial charge in [-0.05, 0) is 30.7 Å². The van der Waals surface area contributed by atoms with Crippen molar-refractivity contribution in [2.45, 2.75) is 32.6 Å². The Morgan fingerprint density at radius 1 is 1.47 bits per heavy atom. The van der Waals surface area contributed by atoms with Crippen molar-refractivity contribution in [2.24, 2.45) is 11.8 Å². The summed E-state index contributed by atoms with van der Waals surface area (Å²) < 4.78 is 0. The number of nitrogens with zero attached hydrogens (tertiary/aromatic N) is 1. The Morgan fingerprint density at radius 2 is 2.16 bits per heavy atom. The largest absolute Gasteiger partial charge is 0.478 e. The summed E-state index contributed by atoms with van der Waals surface area (Å²) in [5, 5.41) is 12.2. The van der Waals surface area contributed by atoms with Crippen LogP contribution in [0.1, 0.15) is 43.0 Å². The summed E-state index contributed by atoms with van der Waals surface area (Å²) in [5.41, 5.74) is 6.14. The van der Waals surface area contributed by atoms with Gasteiger partial charge in [-0.3, -0.25) is 0 Å². The lowest BCUT2D eigenvalue weighted by atomic mass is 9.83. The molecular weight excluding hydrogens is 242 g/mol. The van der Waals surface area contributed by atoms with Crippen LogP contribution in [0.15, 0.2) is 12.3 Å². The Labute approximate surface area is 113 Å². The number of aromatic nitrogens is 1. The van der Waals surface area contributed by atoms with Crippen molar-refractivity contribution >= 4 is 17.5 Å². The number of carboxylic acid groups (broad SMARTS) is 1. The fourth-order valence-corrected chi connectivity index (χ4v) is 2.57. The molecule has 1 aliphatic rings. The number of carbonyl (C=O) groups is 1. The smallest absolute Gasteiger partial charge is 0.337 e. The molecule has 0 radical (unpaired) electrons. The molecule has 0 aromatic carbocycles. The summed E-state index contributed by atoms with van der Waals surface area (Å²) in [4.78, 5) is 15.1. The zero-order chi connectivity index (χ0) is 13.8. The van der Waals surface area contributed by atoms with Crippen molar-refractivity contribution in [1.29, 1.82) is 0 Å². The molecule has 1 aromatic rings. The summed E-state index contributed by atoms with van der Waals surface area (Å²) in [5.74, 6) is 0.925. The maximum Gasteiger partial charge on any atom is 0.337 e. The average molecular weight is 263 g/mol. The molecule has 104 valence electrons. The molecular formula is C14H21N3O2. The van der Waals surface area contributed by atoms with E-state index in [9.17, 15) is 4.79 Å². The van der Waals surface area contributed by atoms with Crippen molar-refractivity contribution in [3.05, 3.63) is 17.8 Å². The first-order valence-electron chi connectivity index (χ1n) is 6.79. The van der Waals surface area contributed by atoms with E-state index < -0.39 is 5.97 Å². The average Bonchev–Trinajstić information content (AvgIpc) is 2.39. The van der Waals surface area contributed by atoms with Gasteiger partial charge in [0.2, 0.25) is 0 Å². The highest BCUT2D eigenvalue weighted by Crippen LogP contribution is 2.29. The van der Waals surface area contributed by atoms with E-state index in [2.05, 4.69) is 17.2 Å². The molecule has 5 heteroatoms. The number of aromatic carboxylic acids is 1. The monoisotopic (exact) mass is 263 g/mol. The highest BCUT2D eigenvalue weighted by atomic mass is 16.4. The van der Waals surface area contributed by atoms with Crippen molar-refractivity contribution < 1.29 is 9.90 Å². The van der Waals surface area contributed by atoms with Gasteiger partial charge < -0.3 is 16.2 Å². The summed E-state index contributed by atoms with van der Waals surface area (Å²) >= 11 is 0. The minimum atomic E-state index is -1.02. The third-order valence-corrected chi connectivity index (χ3v) is 3.91. The number of nitrogens with one attached hydrogen (secondary N) is 1. The van der Waals surface area contributed by atoms with Gasteiger partial charge in [-0.1, -0.05) is 19.8 Å². The number of rotatable bonds is 4. The van der Waals surface area contributed by atoms with E-state index in [1.807, 2.05) is 0 Å². The number of anilines is 2. The van der Waals surface area contributed by atoms with Gasteiger partial charge in [0, 0.05) is 12.7 Å². The Morgan fingerprint density at radius 3 is 2.79 bits per heavy atom. The van der Waals surface area contributed by atoms with Gasteiger partial charge in [0.05, 0.1) is 11.3 Å². The number of hydrogen-bond acceptors (Lipinski definition) is 4. The number of carboxylic acids is 1. The highest BCUT2D eigenvalue weighted by molar-refractivity contribution is 5.96. The second-order valence-electron chi connectivity index (χ2n) is 5.43. The van der Waals surface area contributed by atoms with Crippen LogP contribution in [-0.4, -0.2) is 22.6 Å². The van der Waals surface area contributed by atoms with E-state index in [4.69, 9.17) is 10.8 Å². The van der Waals surface area contributed by atoms with Crippen LogP contribution < -0.4 is 11.1 Å². The Bertz CT molecular complexity index is 454. The second-order valence-corrected chi connectivity index (χ2v) is 5.43. The Balaban J connectivity index is 1.96. The lowest BCUT2D eigenvalue weighted by Crippen LogP contribution is -2.21. The van der Waals surface area contributed by atoms with Crippen molar-refractivity contribution in [3.8, 4) is 0 Å². The first-order chi connectivity index (χ1) is 9.08. The van der Waals surface area contributed by atoms with Gasteiger partial charge in [-0.15, -0.1) is 0 Å². The molecule has 0 atom stereocenters. The normalized spacial score (nSPS) is 23.0. The Hall–Kier alpha value is -1.78. The van der Waals surface area contributed by atoms with Crippen LogP contribution in [-0.2, 0) is 0 Å². The highest BCUT2D eigenvalue weighted by Gasteiger charge is 2.19. The molecule has 1 aromatic heterocycles. The third-order valence-electron chi connectivity index (χ3n) is 3.91. The number of pyridine rings is 1. The summed E-state index contributed by atoms with van der Waals surface area (Å²) in [6.07, 6.45) is 6.44. The minimum Gasteiger partial charge on any atom is -0.478 e. The first kappa shape index (κ1) is 13.6. The van der Waals surface area contributed by atoms with Gasteiger partial charge in [-0.2, -0.15) is 0 Å². The molecule has 4 N–H and O–H groups in total. The molecule has 5 nitrogen and oxygen atoms in total. The van der Waals surface area contributed by atoms with E-state index in [0.717, 1.165) is 12.5 Å². The van der Waals surface area contributed by atoms with Gasteiger partial charge in [0.15, 0.2) is 0 Å². The van der Waals surface area contributed by atoms with Crippen LogP contribution in [0.4, 0.5) is 11.5 Å². The minimum absolute atomic E-state index is 0.106. The molecule has 2 rings (SSSR count). The molecule has 0 amide bonds. The molecule has 0 unspecified atom stereocenters. The predicted octanol–water partition coefficient (Wildman–Crippen LogP) is 2.60.